The number of nitrogens with zero attached hydrogens (tertiary/aromatic N) is 2. The summed E-state index contributed by atoms with van der Waals surface area (Å²) in [6.07, 6.45) is 8.64. The van der Waals surface area contributed by atoms with Gasteiger partial charge in [0.1, 0.15) is 5.01 Å². The van der Waals surface area contributed by atoms with Crippen molar-refractivity contribution in [2.45, 2.75) is 57.4 Å². The average molecular weight is 358 g/mol. The van der Waals surface area contributed by atoms with Gasteiger partial charge in [-0.15, -0.1) is 11.3 Å². The van der Waals surface area contributed by atoms with Crippen molar-refractivity contribution >= 4 is 27.5 Å². The molecule has 2 aliphatic rings. The van der Waals surface area contributed by atoms with Crippen LogP contribution in [-0.4, -0.2) is 28.9 Å². The van der Waals surface area contributed by atoms with Gasteiger partial charge in [-0.1, -0.05) is 31.4 Å². The van der Waals surface area contributed by atoms with Gasteiger partial charge in [0.25, 0.3) is 0 Å². The summed E-state index contributed by atoms with van der Waals surface area (Å²) in [5.41, 5.74) is 7.19. The third-order valence-corrected chi connectivity index (χ3v) is 7.18. The summed E-state index contributed by atoms with van der Waals surface area (Å²) in [6, 6.07) is 8.40. The number of carbonyl (C=O) groups is 1. The molecule has 1 aliphatic heterocycles. The molecule has 1 saturated carbocycles. The Hall–Kier alpha value is -1.46. The molecule has 2 aromatic rings. The van der Waals surface area contributed by atoms with Gasteiger partial charge in [-0.05, 0) is 49.8 Å². The van der Waals surface area contributed by atoms with Gasteiger partial charge in [-0.2, -0.15) is 0 Å². The molecule has 1 amide bonds. The molecule has 5 heteroatoms. The number of benzene rings is 1. The van der Waals surface area contributed by atoms with Gasteiger partial charge in [0, 0.05) is 13.0 Å². The molecule has 0 spiro atoms. The molecule has 0 radical (unpaired) electrons. The number of likely N-dealkylation sites (tertiary alicyclic amines) is 1. The van der Waals surface area contributed by atoms with E-state index in [0.29, 0.717) is 13.0 Å². The van der Waals surface area contributed by atoms with Gasteiger partial charge in [0.2, 0.25) is 5.91 Å². The zero-order valence-corrected chi connectivity index (χ0v) is 15.6. The first-order valence-electron chi connectivity index (χ1n) is 9.56. The Morgan fingerprint density at radius 2 is 2.04 bits per heavy atom. The molecule has 1 saturated heterocycles. The highest BCUT2D eigenvalue weighted by Gasteiger charge is 2.38. The van der Waals surface area contributed by atoms with Gasteiger partial charge < -0.3 is 10.6 Å². The van der Waals surface area contributed by atoms with Crippen LogP contribution in [0.1, 0.15) is 62.4 Å². The lowest BCUT2D eigenvalue weighted by molar-refractivity contribution is -0.135. The van der Waals surface area contributed by atoms with Crippen molar-refractivity contribution in [3.05, 3.63) is 29.3 Å². The van der Waals surface area contributed by atoms with Gasteiger partial charge >= 0.3 is 0 Å². The molecule has 134 valence electrons. The minimum atomic E-state index is 0.0378. The summed E-state index contributed by atoms with van der Waals surface area (Å²) < 4.78 is 1.21. The molecule has 2 fully saturated rings. The maximum Gasteiger partial charge on any atom is 0.223 e. The van der Waals surface area contributed by atoms with E-state index in [9.17, 15) is 4.79 Å². The first-order valence-corrected chi connectivity index (χ1v) is 10.4. The Morgan fingerprint density at radius 3 is 2.80 bits per heavy atom. The summed E-state index contributed by atoms with van der Waals surface area (Å²) in [6.45, 7) is 1.50. The lowest BCUT2D eigenvalue weighted by Crippen LogP contribution is -2.40. The molecular formula is C20H27N3OS. The normalized spacial score (nSPS) is 23.2. The number of hydrogen-bond acceptors (Lipinski definition) is 4. The van der Waals surface area contributed by atoms with Crippen molar-refractivity contribution in [3.63, 3.8) is 0 Å². The number of rotatable bonds is 4. The van der Waals surface area contributed by atoms with Crippen LogP contribution in [0.4, 0.5) is 0 Å². The Bertz CT molecular complexity index is 717. The van der Waals surface area contributed by atoms with Crippen molar-refractivity contribution in [2.24, 2.45) is 11.1 Å². The Balaban J connectivity index is 1.53. The van der Waals surface area contributed by atoms with Crippen molar-refractivity contribution in [1.82, 2.24) is 9.88 Å². The highest BCUT2D eigenvalue weighted by molar-refractivity contribution is 7.18. The van der Waals surface area contributed by atoms with E-state index in [2.05, 4.69) is 23.1 Å². The fourth-order valence-electron chi connectivity index (χ4n) is 4.53. The van der Waals surface area contributed by atoms with Crippen LogP contribution in [0.25, 0.3) is 10.2 Å². The van der Waals surface area contributed by atoms with E-state index >= 15 is 0 Å². The minimum Gasteiger partial charge on any atom is -0.333 e. The first kappa shape index (κ1) is 17.0. The number of carbonyl (C=O) groups excluding carboxylic acids is 1. The molecule has 2 heterocycles. The van der Waals surface area contributed by atoms with Crippen LogP contribution in [0, 0.1) is 5.41 Å². The highest BCUT2D eigenvalue weighted by atomic mass is 32.1. The lowest BCUT2D eigenvalue weighted by atomic mass is 9.71. The molecule has 1 aromatic carbocycles. The average Bonchev–Trinajstić information content (AvgIpc) is 3.29. The predicted octanol–water partition coefficient (Wildman–Crippen LogP) is 4.26. The molecular weight excluding hydrogens is 330 g/mol. The third-order valence-electron chi connectivity index (χ3n) is 6.04. The second-order valence-electron chi connectivity index (χ2n) is 7.71. The van der Waals surface area contributed by atoms with Crippen LogP contribution in [0.3, 0.4) is 0 Å². The molecule has 1 atom stereocenters. The SMILES string of the molecule is NCC1(CC(=O)N2CCCC2c2nc3ccccc3s2)CCCCC1. The second kappa shape index (κ2) is 7.04. The van der Waals surface area contributed by atoms with Crippen LogP contribution in [0.2, 0.25) is 0 Å². The van der Waals surface area contributed by atoms with Gasteiger partial charge in [0.05, 0.1) is 16.3 Å². The van der Waals surface area contributed by atoms with Crippen LogP contribution in [0.5, 0.6) is 0 Å². The number of amides is 1. The van der Waals surface area contributed by atoms with Gasteiger partial charge in [-0.3, -0.25) is 4.79 Å². The molecule has 25 heavy (non-hydrogen) atoms. The van der Waals surface area contributed by atoms with Crippen molar-refractivity contribution < 1.29 is 4.79 Å². The largest absolute Gasteiger partial charge is 0.333 e. The van der Waals surface area contributed by atoms with Gasteiger partial charge in [0.15, 0.2) is 0 Å². The Morgan fingerprint density at radius 1 is 1.24 bits per heavy atom. The summed E-state index contributed by atoms with van der Waals surface area (Å²) >= 11 is 1.74. The van der Waals surface area contributed by atoms with E-state index in [1.54, 1.807) is 11.3 Å². The van der Waals surface area contributed by atoms with Gasteiger partial charge in [-0.25, -0.2) is 4.98 Å². The van der Waals surface area contributed by atoms with E-state index in [1.807, 2.05) is 6.07 Å². The Labute approximate surface area is 153 Å². The molecule has 4 nitrogen and oxygen atoms in total. The van der Waals surface area contributed by atoms with E-state index in [1.165, 1.54) is 24.0 Å². The summed E-state index contributed by atoms with van der Waals surface area (Å²) in [5.74, 6) is 0.286. The fraction of sp³-hybridized carbons (Fsp3) is 0.600. The smallest absolute Gasteiger partial charge is 0.223 e. The van der Waals surface area contributed by atoms with Crippen LogP contribution >= 0.6 is 11.3 Å². The highest BCUT2D eigenvalue weighted by Crippen LogP contribution is 2.42. The maximum absolute atomic E-state index is 13.1. The van der Waals surface area contributed by atoms with Crippen LogP contribution in [-0.2, 0) is 4.79 Å². The van der Waals surface area contributed by atoms with Crippen molar-refractivity contribution in [1.29, 1.82) is 0 Å². The van der Waals surface area contributed by atoms with Crippen molar-refractivity contribution in [2.75, 3.05) is 13.1 Å². The zero-order chi connectivity index (χ0) is 17.3. The third kappa shape index (κ3) is 3.32. The molecule has 1 unspecified atom stereocenters. The molecule has 1 aromatic heterocycles. The van der Waals surface area contributed by atoms with Crippen LogP contribution < -0.4 is 5.73 Å². The number of thiazole rings is 1. The monoisotopic (exact) mass is 357 g/mol. The topological polar surface area (TPSA) is 59.2 Å². The summed E-state index contributed by atoms with van der Waals surface area (Å²) in [7, 11) is 0. The zero-order valence-electron chi connectivity index (χ0n) is 14.7. The first-order chi connectivity index (χ1) is 12.2. The lowest BCUT2D eigenvalue weighted by Gasteiger charge is -2.37. The fourth-order valence-corrected chi connectivity index (χ4v) is 5.65. The molecule has 2 N–H and O–H groups in total. The summed E-state index contributed by atoms with van der Waals surface area (Å²) in [5, 5.41) is 1.09. The molecule has 0 bridgehead atoms. The number of para-hydroxylation sites is 1. The Kier molecular flexibility index (Phi) is 4.78. The number of aromatic nitrogens is 1. The quantitative estimate of drug-likeness (QED) is 0.889. The van der Waals surface area contributed by atoms with E-state index in [0.717, 1.165) is 42.8 Å². The standard InChI is InChI=1S/C20H27N3OS/c21-14-20(10-4-1-5-11-20)13-18(24)23-12-6-8-16(23)19-22-15-7-2-3-9-17(15)25-19/h2-3,7,9,16H,1,4-6,8,10-14,21H2. The van der Waals surface area contributed by atoms with E-state index in [4.69, 9.17) is 10.7 Å². The predicted molar refractivity (Wildman–Crippen MR) is 102 cm³/mol. The second-order valence-corrected chi connectivity index (χ2v) is 8.77. The van der Waals surface area contributed by atoms with E-state index in [-0.39, 0.29) is 17.4 Å². The maximum atomic E-state index is 13.1. The molecule has 1 aliphatic carbocycles. The number of nitrogens with two attached hydrogens (primary N) is 1. The van der Waals surface area contributed by atoms with Crippen molar-refractivity contribution in [3.8, 4) is 0 Å². The number of hydrogen-bond donors (Lipinski definition) is 1. The summed E-state index contributed by atoms with van der Waals surface area (Å²) in [4.78, 5) is 20.0. The van der Waals surface area contributed by atoms with Crippen LogP contribution in [0.15, 0.2) is 24.3 Å². The van der Waals surface area contributed by atoms with E-state index < -0.39 is 0 Å². The molecule has 4 rings (SSSR count). The minimum absolute atomic E-state index is 0.0378. The number of fused-ring (bicyclic) bond motifs is 1.